The summed E-state index contributed by atoms with van der Waals surface area (Å²) in [6, 6.07) is 2.14. The zero-order valence-electron chi connectivity index (χ0n) is 17.0. The van der Waals surface area contributed by atoms with Crippen LogP contribution in [0.5, 0.6) is 0 Å². The van der Waals surface area contributed by atoms with Gasteiger partial charge in [-0.1, -0.05) is 19.1 Å². The molecule has 2 nitrogen and oxygen atoms in total. The van der Waals surface area contributed by atoms with Gasteiger partial charge in [-0.3, -0.25) is 0 Å². The standard InChI is InChI=1S/C24H23F5O2/c1-2-3-4-5-13-6-8-14(9-7-13)16-12-17(25)21(24(30)31)23(29)20(16)15-10-18(26)22(28)19(27)11-15/h3-4,10-14H,2,5-9H2,1H3,(H,30,31)/b4-3+/t13-,14-. The molecule has 1 saturated carbocycles. The summed E-state index contributed by atoms with van der Waals surface area (Å²) in [4.78, 5) is 11.4. The predicted octanol–water partition coefficient (Wildman–Crippen LogP) is 7.38. The molecule has 1 aliphatic carbocycles. The lowest BCUT2D eigenvalue weighted by atomic mass is 9.75. The third kappa shape index (κ3) is 4.81. The van der Waals surface area contributed by atoms with Gasteiger partial charge in [0, 0.05) is 5.56 Å². The lowest BCUT2D eigenvalue weighted by Gasteiger charge is -2.30. The number of hydrogen-bond donors (Lipinski definition) is 1. The number of aromatic carboxylic acids is 1. The first-order chi connectivity index (χ1) is 14.7. The van der Waals surface area contributed by atoms with Crippen molar-refractivity contribution < 1.29 is 31.9 Å². The second-order valence-corrected chi connectivity index (χ2v) is 7.90. The number of halogens is 5. The summed E-state index contributed by atoms with van der Waals surface area (Å²) < 4.78 is 70.7. The average Bonchev–Trinajstić information content (AvgIpc) is 2.71. The van der Waals surface area contributed by atoms with Crippen molar-refractivity contribution in [2.45, 2.75) is 51.4 Å². The molecule has 166 valence electrons. The number of allylic oxidation sites excluding steroid dienone is 2. The van der Waals surface area contributed by atoms with Crippen LogP contribution in [0.15, 0.2) is 30.4 Å². The highest BCUT2D eigenvalue weighted by atomic mass is 19.2. The molecule has 1 N–H and O–H groups in total. The van der Waals surface area contributed by atoms with Crippen molar-refractivity contribution in [1.29, 1.82) is 0 Å². The monoisotopic (exact) mass is 438 g/mol. The maximum Gasteiger partial charge on any atom is 0.341 e. The van der Waals surface area contributed by atoms with Crippen molar-refractivity contribution >= 4 is 5.97 Å². The Hall–Kier alpha value is -2.70. The summed E-state index contributed by atoms with van der Waals surface area (Å²) in [6.45, 7) is 2.04. The number of benzene rings is 2. The van der Waals surface area contributed by atoms with Crippen LogP contribution in [0.3, 0.4) is 0 Å². The van der Waals surface area contributed by atoms with Gasteiger partial charge in [0.1, 0.15) is 17.2 Å². The molecule has 31 heavy (non-hydrogen) atoms. The molecule has 7 heteroatoms. The summed E-state index contributed by atoms with van der Waals surface area (Å²) in [5.41, 5.74) is -1.82. The van der Waals surface area contributed by atoms with Gasteiger partial charge < -0.3 is 5.11 Å². The van der Waals surface area contributed by atoms with E-state index in [1.807, 2.05) is 6.92 Å². The predicted molar refractivity (Wildman–Crippen MR) is 107 cm³/mol. The third-order valence-electron chi connectivity index (χ3n) is 5.89. The molecule has 0 heterocycles. The highest BCUT2D eigenvalue weighted by Crippen LogP contribution is 2.43. The minimum Gasteiger partial charge on any atom is -0.477 e. The minimum atomic E-state index is -1.84. The van der Waals surface area contributed by atoms with Gasteiger partial charge in [0.25, 0.3) is 0 Å². The number of rotatable bonds is 6. The summed E-state index contributed by atoms with van der Waals surface area (Å²) >= 11 is 0. The maximum absolute atomic E-state index is 15.2. The summed E-state index contributed by atoms with van der Waals surface area (Å²) in [5.74, 6) is -9.17. The zero-order valence-corrected chi connectivity index (χ0v) is 17.0. The van der Waals surface area contributed by atoms with Crippen molar-refractivity contribution in [3.8, 4) is 11.1 Å². The fourth-order valence-corrected chi connectivity index (χ4v) is 4.31. The third-order valence-corrected chi connectivity index (χ3v) is 5.89. The first-order valence-corrected chi connectivity index (χ1v) is 10.3. The van der Waals surface area contributed by atoms with E-state index in [9.17, 15) is 27.5 Å². The molecule has 2 aromatic carbocycles. The lowest BCUT2D eigenvalue weighted by molar-refractivity contribution is 0.0686. The van der Waals surface area contributed by atoms with Crippen LogP contribution in [0.25, 0.3) is 11.1 Å². The van der Waals surface area contributed by atoms with E-state index in [1.165, 1.54) is 0 Å². The number of carboxylic acid groups (broad SMARTS) is 1. The summed E-state index contributed by atoms with van der Waals surface area (Å²) in [7, 11) is 0. The Kier molecular flexibility index (Phi) is 7.13. The zero-order chi connectivity index (χ0) is 22.7. The highest BCUT2D eigenvalue weighted by molar-refractivity contribution is 5.91. The number of carboxylic acids is 1. The van der Waals surface area contributed by atoms with E-state index < -0.39 is 46.2 Å². The van der Waals surface area contributed by atoms with Gasteiger partial charge in [0.15, 0.2) is 17.5 Å². The molecule has 0 amide bonds. The van der Waals surface area contributed by atoms with Crippen LogP contribution in [0.4, 0.5) is 22.0 Å². The highest BCUT2D eigenvalue weighted by Gasteiger charge is 2.30. The fraction of sp³-hybridized carbons (Fsp3) is 0.375. The quantitative estimate of drug-likeness (QED) is 0.290. The average molecular weight is 438 g/mol. The molecule has 0 atom stereocenters. The smallest absolute Gasteiger partial charge is 0.341 e. The Labute approximate surface area is 177 Å². The van der Waals surface area contributed by atoms with Crippen molar-refractivity contribution in [2.75, 3.05) is 0 Å². The Morgan fingerprint density at radius 2 is 1.55 bits per heavy atom. The van der Waals surface area contributed by atoms with Gasteiger partial charge in [0.05, 0.1) is 0 Å². The SMILES string of the molecule is CC/C=C/C[C@H]1CC[C@H](c2cc(F)c(C(=O)O)c(F)c2-c2cc(F)c(F)c(F)c2)CC1. The second kappa shape index (κ2) is 9.62. The molecule has 3 rings (SSSR count). The van der Waals surface area contributed by atoms with Crippen molar-refractivity contribution in [1.82, 2.24) is 0 Å². The largest absolute Gasteiger partial charge is 0.477 e. The summed E-state index contributed by atoms with van der Waals surface area (Å²) in [6.07, 6.45) is 8.83. The number of carbonyl (C=O) groups is 1. The van der Waals surface area contributed by atoms with Crippen LogP contribution in [0.2, 0.25) is 0 Å². The van der Waals surface area contributed by atoms with E-state index in [2.05, 4.69) is 12.2 Å². The molecule has 0 bridgehead atoms. The van der Waals surface area contributed by atoms with Crippen molar-refractivity contribution in [3.05, 3.63) is 70.6 Å². The molecule has 0 aromatic heterocycles. The van der Waals surface area contributed by atoms with Gasteiger partial charge >= 0.3 is 5.97 Å². The van der Waals surface area contributed by atoms with E-state index in [0.717, 1.165) is 31.7 Å². The van der Waals surface area contributed by atoms with Crippen molar-refractivity contribution in [2.24, 2.45) is 5.92 Å². The normalized spacial score (nSPS) is 19.2. The lowest BCUT2D eigenvalue weighted by Crippen LogP contribution is -2.16. The van der Waals surface area contributed by atoms with Crippen LogP contribution in [-0.2, 0) is 0 Å². The molecule has 1 fully saturated rings. The Morgan fingerprint density at radius 1 is 0.935 bits per heavy atom. The van der Waals surface area contributed by atoms with Crippen LogP contribution in [0, 0.1) is 35.0 Å². The van der Waals surface area contributed by atoms with Gasteiger partial charge in [-0.2, -0.15) is 0 Å². The van der Waals surface area contributed by atoms with E-state index in [0.29, 0.717) is 30.9 Å². The summed E-state index contributed by atoms with van der Waals surface area (Å²) in [5, 5.41) is 9.22. The van der Waals surface area contributed by atoms with E-state index in [-0.39, 0.29) is 17.0 Å². The molecule has 0 spiro atoms. The van der Waals surface area contributed by atoms with E-state index in [4.69, 9.17) is 0 Å². The van der Waals surface area contributed by atoms with Gasteiger partial charge in [-0.25, -0.2) is 26.7 Å². The Morgan fingerprint density at radius 3 is 2.10 bits per heavy atom. The fourth-order valence-electron chi connectivity index (χ4n) is 4.31. The van der Waals surface area contributed by atoms with Gasteiger partial charge in [-0.05, 0) is 79.7 Å². The molecular formula is C24H23F5O2. The Bertz CT molecular complexity index is 985. The minimum absolute atomic E-state index is 0.146. The van der Waals surface area contributed by atoms with Crippen LogP contribution >= 0.6 is 0 Å². The van der Waals surface area contributed by atoms with Crippen molar-refractivity contribution in [3.63, 3.8) is 0 Å². The Balaban J connectivity index is 2.05. The molecule has 0 unspecified atom stereocenters. The molecule has 0 radical (unpaired) electrons. The molecule has 1 aliphatic rings. The topological polar surface area (TPSA) is 37.3 Å². The first-order valence-electron chi connectivity index (χ1n) is 10.3. The maximum atomic E-state index is 15.2. The van der Waals surface area contributed by atoms with E-state index >= 15 is 4.39 Å². The number of hydrogen-bond acceptors (Lipinski definition) is 1. The van der Waals surface area contributed by atoms with E-state index in [1.54, 1.807) is 0 Å². The molecular weight excluding hydrogens is 415 g/mol. The van der Waals surface area contributed by atoms with Gasteiger partial charge in [-0.15, -0.1) is 0 Å². The van der Waals surface area contributed by atoms with Gasteiger partial charge in [0.2, 0.25) is 0 Å². The first kappa shape index (κ1) is 23.0. The second-order valence-electron chi connectivity index (χ2n) is 7.90. The van der Waals surface area contributed by atoms with Crippen LogP contribution in [-0.4, -0.2) is 11.1 Å². The molecule has 0 saturated heterocycles. The van der Waals surface area contributed by atoms with Crippen LogP contribution < -0.4 is 0 Å². The molecule has 2 aromatic rings. The van der Waals surface area contributed by atoms with Crippen LogP contribution in [0.1, 0.15) is 67.3 Å². The molecule has 0 aliphatic heterocycles.